The zero-order valence-electron chi connectivity index (χ0n) is 11.7. The van der Waals surface area contributed by atoms with Gasteiger partial charge < -0.3 is 0 Å². The molecule has 0 amide bonds. The lowest BCUT2D eigenvalue weighted by Gasteiger charge is -2.24. The van der Waals surface area contributed by atoms with Crippen molar-refractivity contribution in [1.82, 2.24) is 15.2 Å². The van der Waals surface area contributed by atoms with E-state index in [0.717, 1.165) is 41.2 Å². The molecule has 2 saturated carbocycles. The van der Waals surface area contributed by atoms with E-state index in [1.807, 2.05) is 11.6 Å². The second-order valence-electron chi connectivity index (χ2n) is 6.13. The van der Waals surface area contributed by atoms with E-state index in [2.05, 4.69) is 17.4 Å². The van der Waals surface area contributed by atoms with Gasteiger partial charge in [0.15, 0.2) is 0 Å². The van der Waals surface area contributed by atoms with Gasteiger partial charge in [-0.3, -0.25) is 16.0 Å². The molecule has 0 radical (unpaired) electrons. The smallest absolute Gasteiger partial charge is 0.0847 e. The summed E-state index contributed by atoms with van der Waals surface area (Å²) in [5.74, 6) is 8.45. The van der Waals surface area contributed by atoms with Crippen molar-refractivity contribution in [2.75, 3.05) is 0 Å². The van der Waals surface area contributed by atoms with Crippen LogP contribution in [-0.4, -0.2) is 15.8 Å². The Hall–Kier alpha value is -0.580. The van der Waals surface area contributed by atoms with Gasteiger partial charge in [-0.2, -0.15) is 5.10 Å². The zero-order chi connectivity index (χ0) is 13.6. The first-order valence-corrected chi connectivity index (χ1v) is 7.69. The largest absolute Gasteiger partial charge is 0.271 e. The molecule has 2 fully saturated rings. The fourth-order valence-corrected chi connectivity index (χ4v) is 3.94. The molecule has 3 unspecified atom stereocenters. The minimum absolute atomic E-state index is 0.326. The van der Waals surface area contributed by atoms with Crippen molar-refractivity contribution in [1.29, 1.82) is 0 Å². The molecule has 0 spiro atoms. The molecule has 2 aliphatic rings. The number of nitrogens with zero attached hydrogens (tertiary/aromatic N) is 2. The minimum Gasteiger partial charge on any atom is -0.271 e. The van der Waals surface area contributed by atoms with Crippen molar-refractivity contribution in [3.63, 3.8) is 0 Å². The normalized spacial score (nSPS) is 30.4. The van der Waals surface area contributed by atoms with Gasteiger partial charge in [0.1, 0.15) is 0 Å². The van der Waals surface area contributed by atoms with Crippen LogP contribution in [0.3, 0.4) is 0 Å². The third kappa shape index (κ3) is 2.41. The van der Waals surface area contributed by atoms with E-state index in [4.69, 9.17) is 17.4 Å². The summed E-state index contributed by atoms with van der Waals surface area (Å²) >= 11 is 6.39. The summed E-state index contributed by atoms with van der Waals surface area (Å²) in [6, 6.07) is 0.326. The molecule has 0 saturated heterocycles. The summed E-state index contributed by atoms with van der Waals surface area (Å²) in [6.45, 7) is 4.92. The standard InChI is InChI=1S/C14H23ClN4/c1-3-19-13(14(15)8(2)18-19)7-12(17-16)11-5-9-4-10(9)6-11/h9-12,17H,3-7,16H2,1-2H3. The van der Waals surface area contributed by atoms with Crippen LogP contribution in [0.1, 0.15) is 37.6 Å². The third-order valence-electron chi connectivity index (χ3n) is 4.93. The van der Waals surface area contributed by atoms with Gasteiger partial charge >= 0.3 is 0 Å². The summed E-state index contributed by atoms with van der Waals surface area (Å²) in [4.78, 5) is 0. The van der Waals surface area contributed by atoms with Gasteiger partial charge in [0.05, 0.1) is 16.4 Å². The van der Waals surface area contributed by atoms with Crippen LogP contribution in [-0.2, 0) is 13.0 Å². The first kappa shape index (κ1) is 13.4. The number of aromatic nitrogens is 2. The lowest BCUT2D eigenvalue weighted by atomic mass is 9.91. The lowest BCUT2D eigenvalue weighted by Crippen LogP contribution is -2.42. The van der Waals surface area contributed by atoms with E-state index in [-0.39, 0.29) is 0 Å². The average Bonchev–Trinajstić information content (AvgIpc) is 2.92. The zero-order valence-corrected chi connectivity index (χ0v) is 12.5. The van der Waals surface area contributed by atoms with Crippen molar-refractivity contribution in [2.24, 2.45) is 23.6 Å². The first-order chi connectivity index (χ1) is 9.13. The predicted octanol–water partition coefficient (Wildman–Crippen LogP) is 2.29. The molecule has 3 N–H and O–H groups in total. The van der Waals surface area contributed by atoms with Crippen LogP contribution in [0.4, 0.5) is 0 Å². The second-order valence-corrected chi connectivity index (χ2v) is 6.50. The molecule has 0 aromatic carbocycles. The van der Waals surface area contributed by atoms with Gasteiger partial charge in [-0.05, 0) is 50.9 Å². The Kier molecular flexibility index (Phi) is 3.58. The fraction of sp³-hybridized carbons (Fsp3) is 0.786. The first-order valence-electron chi connectivity index (χ1n) is 7.31. The maximum atomic E-state index is 6.39. The molecule has 19 heavy (non-hydrogen) atoms. The number of fused-ring (bicyclic) bond motifs is 1. The van der Waals surface area contributed by atoms with Crippen LogP contribution in [0.5, 0.6) is 0 Å². The van der Waals surface area contributed by atoms with E-state index in [0.29, 0.717) is 12.0 Å². The number of aryl methyl sites for hydroxylation is 2. The van der Waals surface area contributed by atoms with E-state index in [1.54, 1.807) is 0 Å². The SMILES string of the molecule is CCn1nc(C)c(Cl)c1CC(NN)C1CC2CC2C1. The molecule has 3 atom stereocenters. The fourth-order valence-electron chi connectivity index (χ4n) is 3.72. The molecule has 1 aromatic heterocycles. The van der Waals surface area contributed by atoms with Gasteiger partial charge in [-0.15, -0.1) is 0 Å². The Labute approximate surface area is 119 Å². The van der Waals surface area contributed by atoms with Crippen LogP contribution < -0.4 is 11.3 Å². The third-order valence-corrected chi connectivity index (χ3v) is 5.42. The van der Waals surface area contributed by atoms with Gasteiger partial charge in [0.2, 0.25) is 0 Å². The molecular weight excluding hydrogens is 260 g/mol. The summed E-state index contributed by atoms with van der Waals surface area (Å²) in [5, 5.41) is 5.29. The highest BCUT2D eigenvalue weighted by atomic mass is 35.5. The molecule has 1 heterocycles. The van der Waals surface area contributed by atoms with E-state index in [9.17, 15) is 0 Å². The number of hydrogen-bond donors (Lipinski definition) is 2. The highest BCUT2D eigenvalue weighted by Crippen LogP contribution is 2.55. The maximum Gasteiger partial charge on any atom is 0.0847 e. The van der Waals surface area contributed by atoms with Crippen LogP contribution in [0.15, 0.2) is 0 Å². The Morgan fingerprint density at radius 3 is 2.68 bits per heavy atom. The van der Waals surface area contributed by atoms with E-state index in [1.165, 1.54) is 19.3 Å². The quantitative estimate of drug-likeness (QED) is 0.643. The molecule has 4 nitrogen and oxygen atoms in total. The number of halogens is 1. The molecule has 3 rings (SSSR count). The Bertz CT molecular complexity index is 460. The average molecular weight is 283 g/mol. The molecular formula is C14H23ClN4. The molecule has 2 aliphatic carbocycles. The molecule has 1 aromatic rings. The van der Waals surface area contributed by atoms with Crippen molar-refractivity contribution >= 4 is 11.6 Å². The van der Waals surface area contributed by atoms with Crippen molar-refractivity contribution in [3.05, 3.63) is 16.4 Å². The minimum atomic E-state index is 0.326. The number of hydrogen-bond acceptors (Lipinski definition) is 3. The molecule has 5 heteroatoms. The highest BCUT2D eigenvalue weighted by Gasteiger charge is 2.47. The Morgan fingerprint density at radius 2 is 2.11 bits per heavy atom. The number of nitrogens with one attached hydrogen (secondary N) is 1. The van der Waals surface area contributed by atoms with Crippen molar-refractivity contribution in [3.8, 4) is 0 Å². The Balaban J connectivity index is 1.75. The van der Waals surface area contributed by atoms with Crippen LogP contribution >= 0.6 is 11.6 Å². The number of hydrazine groups is 1. The summed E-state index contributed by atoms with van der Waals surface area (Å²) in [5.41, 5.74) is 5.07. The van der Waals surface area contributed by atoms with E-state index >= 15 is 0 Å². The van der Waals surface area contributed by atoms with Crippen LogP contribution in [0, 0.1) is 24.7 Å². The number of rotatable bonds is 5. The molecule has 106 valence electrons. The topological polar surface area (TPSA) is 55.9 Å². The van der Waals surface area contributed by atoms with Gasteiger partial charge in [-0.25, -0.2) is 0 Å². The summed E-state index contributed by atoms with van der Waals surface area (Å²) < 4.78 is 2.01. The lowest BCUT2D eigenvalue weighted by molar-refractivity contribution is 0.330. The van der Waals surface area contributed by atoms with Gasteiger partial charge in [0, 0.05) is 19.0 Å². The predicted molar refractivity (Wildman–Crippen MR) is 76.8 cm³/mol. The van der Waals surface area contributed by atoms with Crippen molar-refractivity contribution < 1.29 is 0 Å². The Morgan fingerprint density at radius 1 is 1.42 bits per heavy atom. The van der Waals surface area contributed by atoms with Crippen molar-refractivity contribution in [2.45, 2.75) is 52.1 Å². The molecule has 0 bridgehead atoms. The number of nitrogens with two attached hydrogens (primary N) is 1. The summed E-state index contributed by atoms with van der Waals surface area (Å²) in [6.07, 6.45) is 4.99. The monoisotopic (exact) mass is 282 g/mol. The maximum absolute atomic E-state index is 6.39. The van der Waals surface area contributed by atoms with Gasteiger partial charge in [0.25, 0.3) is 0 Å². The van der Waals surface area contributed by atoms with Crippen LogP contribution in [0.2, 0.25) is 5.02 Å². The molecule has 0 aliphatic heterocycles. The van der Waals surface area contributed by atoms with E-state index < -0.39 is 0 Å². The summed E-state index contributed by atoms with van der Waals surface area (Å²) in [7, 11) is 0. The van der Waals surface area contributed by atoms with Crippen LogP contribution in [0.25, 0.3) is 0 Å². The van der Waals surface area contributed by atoms with Gasteiger partial charge in [-0.1, -0.05) is 11.6 Å². The second kappa shape index (κ2) is 5.08. The highest BCUT2D eigenvalue weighted by molar-refractivity contribution is 6.31.